The van der Waals surface area contributed by atoms with E-state index in [2.05, 4.69) is 6.07 Å². The molecule has 0 radical (unpaired) electrons. The molecule has 1 aliphatic heterocycles. The van der Waals surface area contributed by atoms with Crippen molar-refractivity contribution in [1.29, 1.82) is 5.26 Å². The van der Waals surface area contributed by atoms with E-state index in [1.807, 2.05) is 0 Å². The van der Waals surface area contributed by atoms with Gasteiger partial charge in [-0.05, 0) is 12.1 Å². The number of hydrogen-bond donors (Lipinski definition) is 0. The Labute approximate surface area is 106 Å². The Morgan fingerprint density at radius 2 is 2.00 bits per heavy atom. The van der Waals surface area contributed by atoms with Gasteiger partial charge in [-0.1, -0.05) is 0 Å². The van der Waals surface area contributed by atoms with Gasteiger partial charge < -0.3 is 18.9 Å². The molecule has 5 nitrogen and oxygen atoms in total. The quantitative estimate of drug-likeness (QED) is 0.806. The first-order valence-electron chi connectivity index (χ1n) is 5.63. The molecule has 96 valence electrons. The molecule has 0 spiro atoms. The lowest BCUT2D eigenvalue weighted by molar-refractivity contribution is 0.0316. The third-order valence-corrected chi connectivity index (χ3v) is 2.85. The summed E-state index contributed by atoms with van der Waals surface area (Å²) in [7, 11) is 3.19. The predicted molar refractivity (Wildman–Crippen MR) is 63.7 cm³/mol. The second-order valence-electron chi connectivity index (χ2n) is 3.95. The molecule has 1 fully saturated rings. The fourth-order valence-electron chi connectivity index (χ4n) is 1.85. The molecule has 1 aromatic carbocycles. The number of methoxy groups -OCH3 is 2. The van der Waals surface area contributed by atoms with Crippen LogP contribution >= 0.6 is 0 Å². The summed E-state index contributed by atoms with van der Waals surface area (Å²) in [5, 5.41) is 8.89. The van der Waals surface area contributed by atoms with Crippen LogP contribution in [0.2, 0.25) is 0 Å². The van der Waals surface area contributed by atoms with Crippen molar-refractivity contribution in [1.82, 2.24) is 0 Å². The van der Waals surface area contributed by atoms with Crippen molar-refractivity contribution in [2.45, 2.75) is 12.2 Å². The second-order valence-corrected chi connectivity index (χ2v) is 3.95. The number of benzene rings is 1. The zero-order valence-corrected chi connectivity index (χ0v) is 10.4. The first-order chi connectivity index (χ1) is 8.78. The highest BCUT2D eigenvalue weighted by atomic mass is 16.6. The molecular weight excluding hydrogens is 234 g/mol. The number of nitrogens with zero attached hydrogens (tertiary/aromatic N) is 1. The summed E-state index contributed by atoms with van der Waals surface area (Å²) < 4.78 is 21.6. The van der Waals surface area contributed by atoms with E-state index in [0.717, 1.165) is 0 Å². The summed E-state index contributed by atoms with van der Waals surface area (Å²) in [4.78, 5) is 0. The maximum Gasteiger partial charge on any atom is 0.163 e. The summed E-state index contributed by atoms with van der Waals surface area (Å²) in [6.07, 6.45) is -0.279. The predicted octanol–water partition coefficient (Wildman–Crippen LogP) is 1.36. The van der Waals surface area contributed by atoms with Crippen LogP contribution in [-0.4, -0.2) is 39.6 Å². The number of nitriles is 1. The number of hydrogen-bond acceptors (Lipinski definition) is 5. The maximum atomic E-state index is 8.89. The van der Waals surface area contributed by atoms with Crippen LogP contribution in [0.25, 0.3) is 0 Å². The highest BCUT2D eigenvalue weighted by molar-refractivity contribution is 5.46. The normalized spacial score (nSPS) is 22.5. The molecule has 2 rings (SSSR count). The van der Waals surface area contributed by atoms with Crippen LogP contribution < -0.4 is 9.47 Å². The van der Waals surface area contributed by atoms with Crippen LogP contribution in [0.5, 0.6) is 11.5 Å². The number of ether oxygens (including phenoxy) is 4. The summed E-state index contributed by atoms with van der Waals surface area (Å²) in [5.41, 5.74) is 0.527. The Hall–Kier alpha value is -1.77. The fourth-order valence-corrected chi connectivity index (χ4v) is 1.85. The van der Waals surface area contributed by atoms with Crippen LogP contribution in [0.15, 0.2) is 18.2 Å². The van der Waals surface area contributed by atoms with Crippen molar-refractivity contribution in [2.24, 2.45) is 0 Å². The standard InChI is InChI=1S/C13H15NO4/c1-15-10-4-3-9(6-14)5-11(10)18-13-8-17-7-12(13)16-2/h3-5,12-13H,7-8H2,1-2H3. The van der Waals surface area contributed by atoms with Gasteiger partial charge in [-0.25, -0.2) is 0 Å². The largest absolute Gasteiger partial charge is 0.493 e. The third-order valence-electron chi connectivity index (χ3n) is 2.85. The van der Waals surface area contributed by atoms with Crippen LogP contribution in [0.1, 0.15) is 5.56 Å². The Kier molecular flexibility index (Phi) is 4.03. The molecule has 0 amide bonds. The van der Waals surface area contributed by atoms with Gasteiger partial charge in [-0.3, -0.25) is 0 Å². The van der Waals surface area contributed by atoms with E-state index in [4.69, 9.17) is 24.2 Å². The maximum absolute atomic E-state index is 8.89. The highest BCUT2D eigenvalue weighted by Gasteiger charge is 2.30. The van der Waals surface area contributed by atoms with E-state index in [9.17, 15) is 0 Å². The van der Waals surface area contributed by atoms with Gasteiger partial charge in [0, 0.05) is 13.2 Å². The molecule has 0 bridgehead atoms. The van der Waals surface area contributed by atoms with Gasteiger partial charge in [-0.2, -0.15) is 5.26 Å². The minimum atomic E-state index is -0.183. The first-order valence-corrected chi connectivity index (χ1v) is 5.63. The molecule has 1 aliphatic rings. The van der Waals surface area contributed by atoms with Crippen LogP contribution in [-0.2, 0) is 9.47 Å². The average Bonchev–Trinajstić information content (AvgIpc) is 2.86. The summed E-state index contributed by atoms with van der Waals surface area (Å²) >= 11 is 0. The van der Waals surface area contributed by atoms with E-state index >= 15 is 0 Å². The van der Waals surface area contributed by atoms with Crippen LogP contribution in [0, 0.1) is 11.3 Å². The molecule has 0 aliphatic carbocycles. The smallest absolute Gasteiger partial charge is 0.163 e. The lowest BCUT2D eigenvalue weighted by Gasteiger charge is -2.19. The van der Waals surface area contributed by atoms with E-state index in [-0.39, 0.29) is 12.2 Å². The van der Waals surface area contributed by atoms with E-state index in [1.165, 1.54) is 0 Å². The zero-order valence-electron chi connectivity index (χ0n) is 10.4. The van der Waals surface area contributed by atoms with Gasteiger partial charge in [0.2, 0.25) is 0 Å². The van der Waals surface area contributed by atoms with Gasteiger partial charge in [-0.15, -0.1) is 0 Å². The van der Waals surface area contributed by atoms with E-state index in [1.54, 1.807) is 32.4 Å². The topological polar surface area (TPSA) is 60.7 Å². The van der Waals surface area contributed by atoms with Crippen molar-refractivity contribution in [3.05, 3.63) is 23.8 Å². The molecule has 2 unspecified atom stereocenters. The Bertz CT molecular complexity index is 455. The average molecular weight is 249 g/mol. The van der Waals surface area contributed by atoms with Crippen molar-refractivity contribution < 1.29 is 18.9 Å². The summed E-state index contributed by atoms with van der Waals surface area (Å²) in [6, 6.07) is 7.13. The van der Waals surface area contributed by atoms with E-state index in [0.29, 0.717) is 30.3 Å². The lowest BCUT2D eigenvalue weighted by Crippen LogP contribution is -2.31. The minimum Gasteiger partial charge on any atom is -0.493 e. The van der Waals surface area contributed by atoms with Gasteiger partial charge >= 0.3 is 0 Å². The SMILES string of the molecule is COc1ccc(C#N)cc1OC1COCC1OC. The zero-order chi connectivity index (χ0) is 13.0. The van der Waals surface area contributed by atoms with Crippen LogP contribution in [0.4, 0.5) is 0 Å². The monoisotopic (exact) mass is 249 g/mol. The molecule has 0 saturated carbocycles. The Morgan fingerprint density at radius 3 is 2.67 bits per heavy atom. The lowest BCUT2D eigenvalue weighted by atomic mass is 10.2. The molecule has 1 aromatic rings. The van der Waals surface area contributed by atoms with Crippen molar-refractivity contribution in [2.75, 3.05) is 27.4 Å². The molecule has 0 N–H and O–H groups in total. The molecule has 1 heterocycles. The van der Waals surface area contributed by atoms with Gasteiger partial charge in [0.25, 0.3) is 0 Å². The molecule has 18 heavy (non-hydrogen) atoms. The first kappa shape index (κ1) is 12.7. The summed E-state index contributed by atoms with van der Waals surface area (Å²) in [6.45, 7) is 0.986. The van der Waals surface area contributed by atoms with Crippen molar-refractivity contribution in [3.8, 4) is 17.6 Å². The van der Waals surface area contributed by atoms with Gasteiger partial charge in [0.05, 0.1) is 32.0 Å². The minimum absolute atomic E-state index is 0.0968. The third kappa shape index (κ3) is 2.55. The van der Waals surface area contributed by atoms with E-state index < -0.39 is 0 Å². The van der Waals surface area contributed by atoms with Crippen LogP contribution in [0.3, 0.4) is 0 Å². The van der Waals surface area contributed by atoms with Crippen molar-refractivity contribution in [3.63, 3.8) is 0 Å². The molecule has 2 atom stereocenters. The molecule has 1 saturated heterocycles. The van der Waals surface area contributed by atoms with Gasteiger partial charge in [0.15, 0.2) is 17.6 Å². The molecule has 0 aromatic heterocycles. The second kappa shape index (κ2) is 5.71. The van der Waals surface area contributed by atoms with Crippen molar-refractivity contribution >= 4 is 0 Å². The number of rotatable bonds is 4. The molecule has 5 heteroatoms. The Morgan fingerprint density at radius 1 is 1.22 bits per heavy atom. The molecular formula is C13H15NO4. The van der Waals surface area contributed by atoms with Gasteiger partial charge in [0.1, 0.15) is 6.10 Å². The fraction of sp³-hybridized carbons (Fsp3) is 0.462. The highest BCUT2D eigenvalue weighted by Crippen LogP contribution is 2.30. The summed E-state index contributed by atoms with van der Waals surface area (Å²) in [5.74, 6) is 1.13. The Balaban J connectivity index is 2.19.